The number of nitrogens with zero attached hydrogens (tertiary/aromatic N) is 1. The third kappa shape index (κ3) is 3.61. The second kappa shape index (κ2) is 6.26. The van der Waals surface area contributed by atoms with Gasteiger partial charge in [-0.25, -0.2) is 0 Å². The van der Waals surface area contributed by atoms with Gasteiger partial charge in [-0.05, 0) is 31.2 Å². The molecule has 1 aromatic carbocycles. The number of amides is 2. The molecule has 2 amide bonds. The van der Waals surface area contributed by atoms with E-state index < -0.39 is 5.54 Å². The van der Waals surface area contributed by atoms with E-state index in [1.807, 2.05) is 30.3 Å². The van der Waals surface area contributed by atoms with Gasteiger partial charge >= 0.3 is 0 Å². The average molecular weight is 289 g/mol. The third-order valence-corrected chi connectivity index (χ3v) is 4.11. The molecule has 1 aliphatic heterocycles. The Hall–Kier alpha value is -1.88. The normalized spacial score (nSPS) is 21.6. The number of carbonyl (C=O) groups excluding carboxylic acids is 2. The zero-order valence-corrected chi connectivity index (χ0v) is 12.4. The monoisotopic (exact) mass is 289 g/mol. The number of rotatable bonds is 4. The van der Waals surface area contributed by atoms with Gasteiger partial charge in [0.25, 0.3) is 0 Å². The van der Waals surface area contributed by atoms with Gasteiger partial charge in [0.15, 0.2) is 0 Å². The van der Waals surface area contributed by atoms with Crippen molar-refractivity contribution in [1.29, 1.82) is 0 Å². The Morgan fingerprint density at radius 3 is 2.62 bits per heavy atom. The Morgan fingerprint density at radius 2 is 2.00 bits per heavy atom. The zero-order chi connectivity index (χ0) is 15.5. The molecular weight excluding hydrogens is 266 g/mol. The first-order valence-electron chi connectivity index (χ1n) is 7.33. The molecule has 2 unspecified atom stereocenters. The summed E-state index contributed by atoms with van der Waals surface area (Å²) in [4.78, 5) is 25.6. The second-order valence-corrected chi connectivity index (χ2v) is 6.00. The standard InChI is InChI=1S/C16H23N3O2/c1-16(18,13-7-3-2-4-8-13)15(21)19-9-5-6-12(11-19)10-14(17)20/h2-4,7-8,12H,5-6,9-11,18H2,1H3,(H2,17,20). The van der Waals surface area contributed by atoms with Crippen LogP contribution in [0.1, 0.15) is 31.7 Å². The van der Waals surface area contributed by atoms with Gasteiger partial charge in [0.2, 0.25) is 11.8 Å². The van der Waals surface area contributed by atoms with Crippen molar-refractivity contribution in [2.24, 2.45) is 17.4 Å². The molecule has 5 nitrogen and oxygen atoms in total. The SMILES string of the molecule is CC(N)(C(=O)N1CCCC(CC(N)=O)C1)c1ccccc1. The summed E-state index contributed by atoms with van der Waals surface area (Å²) >= 11 is 0. The van der Waals surface area contributed by atoms with E-state index in [1.54, 1.807) is 11.8 Å². The van der Waals surface area contributed by atoms with Gasteiger partial charge in [-0.1, -0.05) is 30.3 Å². The molecule has 0 spiro atoms. The number of carbonyl (C=O) groups is 2. The topological polar surface area (TPSA) is 89.4 Å². The van der Waals surface area contributed by atoms with Crippen LogP contribution in [0.25, 0.3) is 0 Å². The highest BCUT2D eigenvalue weighted by molar-refractivity contribution is 5.87. The molecule has 114 valence electrons. The second-order valence-electron chi connectivity index (χ2n) is 6.00. The Bertz CT molecular complexity index is 514. The lowest BCUT2D eigenvalue weighted by molar-refractivity contribution is -0.139. The van der Waals surface area contributed by atoms with E-state index in [9.17, 15) is 9.59 Å². The smallest absolute Gasteiger partial charge is 0.246 e. The van der Waals surface area contributed by atoms with Crippen molar-refractivity contribution in [3.63, 3.8) is 0 Å². The van der Waals surface area contributed by atoms with Crippen LogP contribution in [0.5, 0.6) is 0 Å². The average Bonchev–Trinajstić information content (AvgIpc) is 2.47. The fourth-order valence-electron chi connectivity index (χ4n) is 2.94. The molecule has 5 heteroatoms. The van der Waals surface area contributed by atoms with Gasteiger partial charge in [0.05, 0.1) is 0 Å². The fourth-order valence-corrected chi connectivity index (χ4v) is 2.94. The Balaban J connectivity index is 2.10. The first kappa shape index (κ1) is 15.5. The molecule has 21 heavy (non-hydrogen) atoms. The summed E-state index contributed by atoms with van der Waals surface area (Å²) in [6, 6.07) is 9.37. The summed E-state index contributed by atoms with van der Waals surface area (Å²) in [6.07, 6.45) is 2.14. The molecule has 0 radical (unpaired) electrons. The van der Waals surface area contributed by atoms with Gasteiger partial charge < -0.3 is 16.4 Å². The highest BCUT2D eigenvalue weighted by atomic mass is 16.2. The number of primary amides is 1. The minimum atomic E-state index is -1.05. The largest absolute Gasteiger partial charge is 0.370 e. The quantitative estimate of drug-likeness (QED) is 0.865. The molecule has 1 saturated heterocycles. The van der Waals surface area contributed by atoms with Crippen LogP contribution in [-0.2, 0) is 15.1 Å². The van der Waals surface area contributed by atoms with Crippen molar-refractivity contribution in [1.82, 2.24) is 4.90 Å². The molecule has 1 heterocycles. The molecule has 2 atom stereocenters. The maximum atomic E-state index is 12.7. The predicted octanol–water partition coefficient (Wildman–Crippen LogP) is 0.975. The summed E-state index contributed by atoms with van der Waals surface area (Å²) < 4.78 is 0. The van der Waals surface area contributed by atoms with Crippen LogP contribution in [0.3, 0.4) is 0 Å². The highest BCUT2D eigenvalue weighted by Crippen LogP contribution is 2.25. The molecule has 0 bridgehead atoms. The van der Waals surface area contributed by atoms with E-state index in [4.69, 9.17) is 11.5 Å². The molecular formula is C16H23N3O2. The maximum absolute atomic E-state index is 12.7. The highest BCUT2D eigenvalue weighted by Gasteiger charge is 2.36. The van der Waals surface area contributed by atoms with E-state index in [2.05, 4.69) is 0 Å². The van der Waals surface area contributed by atoms with Gasteiger partial charge in [-0.2, -0.15) is 0 Å². The summed E-state index contributed by atoms with van der Waals surface area (Å²) in [5, 5.41) is 0. The van der Waals surface area contributed by atoms with Crippen molar-refractivity contribution in [2.45, 2.75) is 31.7 Å². The minimum Gasteiger partial charge on any atom is -0.370 e. The van der Waals surface area contributed by atoms with E-state index in [-0.39, 0.29) is 17.7 Å². The van der Waals surface area contributed by atoms with E-state index >= 15 is 0 Å². The van der Waals surface area contributed by atoms with Crippen LogP contribution in [0.15, 0.2) is 30.3 Å². The number of benzene rings is 1. The molecule has 2 rings (SSSR count). The van der Waals surface area contributed by atoms with Crippen molar-refractivity contribution in [3.05, 3.63) is 35.9 Å². The first-order chi connectivity index (χ1) is 9.91. The van der Waals surface area contributed by atoms with Crippen LogP contribution in [-0.4, -0.2) is 29.8 Å². The Labute approximate surface area is 125 Å². The number of hydrogen-bond donors (Lipinski definition) is 2. The van der Waals surface area contributed by atoms with Gasteiger partial charge in [-0.15, -0.1) is 0 Å². The van der Waals surface area contributed by atoms with Crippen molar-refractivity contribution in [3.8, 4) is 0 Å². The fraction of sp³-hybridized carbons (Fsp3) is 0.500. The van der Waals surface area contributed by atoms with E-state index in [0.29, 0.717) is 19.5 Å². The maximum Gasteiger partial charge on any atom is 0.246 e. The summed E-state index contributed by atoms with van der Waals surface area (Å²) in [5.74, 6) is -0.262. The van der Waals surface area contributed by atoms with Crippen LogP contribution < -0.4 is 11.5 Å². The lowest BCUT2D eigenvalue weighted by atomic mass is 9.88. The van der Waals surface area contributed by atoms with Gasteiger partial charge in [0.1, 0.15) is 5.54 Å². The lowest BCUT2D eigenvalue weighted by Gasteiger charge is -2.37. The van der Waals surface area contributed by atoms with Gasteiger partial charge in [0, 0.05) is 19.5 Å². The molecule has 0 aromatic heterocycles. The van der Waals surface area contributed by atoms with Crippen molar-refractivity contribution in [2.75, 3.05) is 13.1 Å². The van der Waals surface area contributed by atoms with Crippen LogP contribution >= 0.6 is 0 Å². The Kier molecular flexibility index (Phi) is 4.63. The molecule has 1 fully saturated rings. The third-order valence-electron chi connectivity index (χ3n) is 4.11. The summed E-state index contributed by atoms with van der Waals surface area (Å²) in [6.45, 7) is 2.98. The number of nitrogens with two attached hydrogens (primary N) is 2. The zero-order valence-electron chi connectivity index (χ0n) is 12.4. The molecule has 0 saturated carbocycles. The summed E-state index contributed by atoms with van der Waals surface area (Å²) in [5.41, 5.74) is 11.3. The lowest BCUT2D eigenvalue weighted by Crippen LogP contribution is -2.53. The Morgan fingerprint density at radius 1 is 1.33 bits per heavy atom. The molecule has 1 aromatic rings. The minimum absolute atomic E-state index is 0.0946. The number of piperidine rings is 1. The summed E-state index contributed by atoms with van der Waals surface area (Å²) in [7, 11) is 0. The van der Waals surface area contributed by atoms with Crippen molar-refractivity contribution < 1.29 is 9.59 Å². The first-order valence-corrected chi connectivity index (χ1v) is 7.33. The van der Waals surface area contributed by atoms with Crippen LogP contribution in [0.4, 0.5) is 0 Å². The van der Waals surface area contributed by atoms with Crippen molar-refractivity contribution >= 4 is 11.8 Å². The predicted molar refractivity (Wildman–Crippen MR) is 81.1 cm³/mol. The number of hydrogen-bond acceptors (Lipinski definition) is 3. The molecule has 0 aliphatic carbocycles. The number of likely N-dealkylation sites (tertiary alicyclic amines) is 1. The van der Waals surface area contributed by atoms with E-state index in [1.165, 1.54) is 0 Å². The van der Waals surface area contributed by atoms with E-state index in [0.717, 1.165) is 18.4 Å². The van der Waals surface area contributed by atoms with Gasteiger partial charge in [-0.3, -0.25) is 9.59 Å². The van der Waals surface area contributed by atoms with Crippen LogP contribution in [0, 0.1) is 5.92 Å². The van der Waals surface area contributed by atoms with Crippen LogP contribution in [0.2, 0.25) is 0 Å². The molecule has 4 N–H and O–H groups in total. The molecule has 1 aliphatic rings.